The number of methoxy groups -OCH3 is 2. The molecule has 0 aliphatic carbocycles. The van der Waals surface area contributed by atoms with E-state index in [9.17, 15) is 0 Å². The number of rotatable bonds is 11. The minimum atomic E-state index is 0.621. The molecule has 0 fully saturated rings. The highest BCUT2D eigenvalue weighted by Crippen LogP contribution is 2.18. The Morgan fingerprint density at radius 3 is 2.66 bits per heavy atom. The Labute approximate surface area is 173 Å². The molecule has 2 rings (SSSR count). The van der Waals surface area contributed by atoms with Crippen LogP contribution in [0.1, 0.15) is 23.4 Å². The lowest BCUT2D eigenvalue weighted by atomic mass is 10.2. The van der Waals surface area contributed by atoms with Crippen molar-refractivity contribution in [3.8, 4) is 5.75 Å². The number of aliphatic imine (C=N–C) groups is 1. The van der Waals surface area contributed by atoms with Gasteiger partial charge in [-0.2, -0.15) is 5.10 Å². The highest BCUT2D eigenvalue weighted by atomic mass is 16.5. The lowest BCUT2D eigenvalue weighted by molar-refractivity contribution is 0.172. The van der Waals surface area contributed by atoms with E-state index in [0.717, 1.165) is 35.8 Å². The summed E-state index contributed by atoms with van der Waals surface area (Å²) in [5, 5.41) is 11.3. The highest BCUT2D eigenvalue weighted by Gasteiger charge is 2.12. The Morgan fingerprint density at radius 1 is 1.14 bits per heavy atom. The number of guanidine groups is 1. The Bertz CT molecular complexity index is 789. The van der Waals surface area contributed by atoms with Gasteiger partial charge < -0.3 is 24.8 Å². The van der Waals surface area contributed by atoms with E-state index in [-0.39, 0.29) is 0 Å². The van der Waals surface area contributed by atoms with E-state index >= 15 is 0 Å². The minimum absolute atomic E-state index is 0.621. The van der Waals surface area contributed by atoms with Crippen LogP contribution in [0.4, 0.5) is 5.69 Å². The van der Waals surface area contributed by atoms with Crippen LogP contribution in [0, 0.1) is 13.8 Å². The SMILES string of the molecule is CN=C(NCc1c(C)nn(CCOC)c1C)Nc1cccc(OCCCOC)c1. The summed E-state index contributed by atoms with van der Waals surface area (Å²) >= 11 is 0. The van der Waals surface area contributed by atoms with Crippen molar-refractivity contribution in [2.75, 3.05) is 46.4 Å². The van der Waals surface area contributed by atoms with Crippen molar-refractivity contribution in [1.29, 1.82) is 0 Å². The fourth-order valence-corrected chi connectivity index (χ4v) is 2.93. The number of hydrogen-bond donors (Lipinski definition) is 2. The van der Waals surface area contributed by atoms with Crippen molar-refractivity contribution in [3.63, 3.8) is 0 Å². The molecule has 29 heavy (non-hydrogen) atoms. The number of benzene rings is 1. The van der Waals surface area contributed by atoms with E-state index in [1.165, 1.54) is 5.56 Å². The molecule has 2 N–H and O–H groups in total. The van der Waals surface area contributed by atoms with Gasteiger partial charge in [-0.05, 0) is 26.0 Å². The third-order valence-corrected chi connectivity index (χ3v) is 4.55. The molecule has 1 heterocycles. The molecule has 2 aromatic rings. The number of aromatic nitrogens is 2. The average Bonchev–Trinajstić information content (AvgIpc) is 3.00. The van der Waals surface area contributed by atoms with Crippen molar-refractivity contribution < 1.29 is 14.2 Å². The van der Waals surface area contributed by atoms with Crippen LogP contribution in [0.2, 0.25) is 0 Å². The fraction of sp³-hybridized carbons (Fsp3) is 0.524. The van der Waals surface area contributed by atoms with Crippen LogP contribution in [0.15, 0.2) is 29.3 Å². The molecule has 0 saturated heterocycles. The third-order valence-electron chi connectivity index (χ3n) is 4.55. The first-order chi connectivity index (χ1) is 14.1. The molecule has 0 amide bonds. The molecule has 1 aromatic heterocycles. The maximum Gasteiger partial charge on any atom is 0.195 e. The second-order valence-electron chi connectivity index (χ2n) is 6.64. The zero-order valence-corrected chi connectivity index (χ0v) is 18.1. The van der Waals surface area contributed by atoms with E-state index < -0.39 is 0 Å². The zero-order chi connectivity index (χ0) is 21.1. The normalized spacial score (nSPS) is 11.6. The van der Waals surface area contributed by atoms with Crippen LogP contribution in [0.3, 0.4) is 0 Å². The van der Waals surface area contributed by atoms with Gasteiger partial charge in [0.1, 0.15) is 5.75 Å². The summed E-state index contributed by atoms with van der Waals surface area (Å²) in [7, 11) is 5.14. The summed E-state index contributed by atoms with van der Waals surface area (Å²) in [6.07, 6.45) is 0.855. The van der Waals surface area contributed by atoms with Gasteiger partial charge in [-0.25, -0.2) is 0 Å². The van der Waals surface area contributed by atoms with Gasteiger partial charge in [-0.3, -0.25) is 9.67 Å². The topological polar surface area (TPSA) is 81.9 Å². The van der Waals surface area contributed by atoms with Crippen LogP contribution < -0.4 is 15.4 Å². The zero-order valence-electron chi connectivity index (χ0n) is 18.1. The van der Waals surface area contributed by atoms with Crippen LogP contribution in [0.5, 0.6) is 5.75 Å². The van der Waals surface area contributed by atoms with Crippen molar-refractivity contribution in [2.45, 2.75) is 33.4 Å². The van der Waals surface area contributed by atoms with Gasteiger partial charge in [0.25, 0.3) is 0 Å². The summed E-state index contributed by atoms with van der Waals surface area (Å²) in [4.78, 5) is 4.32. The number of hydrogen-bond acceptors (Lipinski definition) is 5. The maximum atomic E-state index is 5.76. The number of nitrogens with zero attached hydrogens (tertiary/aromatic N) is 3. The molecule has 8 nitrogen and oxygen atoms in total. The quantitative estimate of drug-likeness (QED) is 0.341. The van der Waals surface area contributed by atoms with E-state index in [0.29, 0.717) is 32.3 Å². The molecule has 0 unspecified atom stereocenters. The monoisotopic (exact) mass is 403 g/mol. The molecule has 0 aliphatic rings. The van der Waals surface area contributed by atoms with E-state index in [2.05, 4.69) is 27.6 Å². The van der Waals surface area contributed by atoms with Crippen LogP contribution in [-0.2, 0) is 22.6 Å². The molecule has 0 bridgehead atoms. The second-order valence-corrected chi connectivity index (χ2v) is 6.64. The summed E-state index contributed by atoms with van der Waals surface area (Å²) in [5.41, 5.74) is 4.22. The van der Waals surface area contributed by atoms with Gasteiger partial charge in [0.15, 0.2) is 5.96 Å². The summed E-state index contributed by atoms with van der Waals surface area (Å²) in [6, 6.07) is 7.83. The fourth-order valence-electron chi connectivity index (χ4n) is 2.93. The average molecular weight is 404 g/mol. The summed E-state index contributed by atoms with van der Waals surface area (Å²) < 4.78 is 17.9. The molecule has 0 aliphatic heterocycles. The van der Waals surface area contributed by atoms with Gasteiger partial charge in [0.2, 0.25) is 0 Å². The van der Waals surface area contributed by atoms with E-state index in [1.54, 1.807) is 21.3 Å². The Morgan fingerprint density at radius 2 is 1.93 bits per heavy atom. The molecule has 1 aromatic carbocycles. The first-order valence-electron chi connectivity index (χ1n) is 9.80. The minimum Gasteiger partial charge on any atom is -0.493 e. The van der Waals surface area contributed by atoms with Gasteiger partial charge in [0, 0.05) is 63.9 Å². The Kier molecular flexibility index (Phi) is 9.46. The van der Waals surface area contributed by atoms with E-state index in [1.807, 2.05) is 35.9 Å². The standard InChI is InChI=1S/C21H33N5O3/c1-16-20(17(2)26(25-16)10-13-28-5)15-23-21(22-3)24-18-8-6-9-19(14-18)29-12-7-11-27-4/h6,8-9,14H,7,10-13,15H2,1-5H3,(H2,22,23,24). The molecule has 0 spiro atoms. The second kappa shape index (κ2) is 12.1. The largest absolute Gasteiger partial charge is 0.493 e. The summed E-state index contributed by atoms with van der Waals surface area (Å²) in [5.74, 6) is 1.50. The lowest BCUT2D eigenvalue weighted by Gasteiger charge is -2.13. The van der Waals surface area contributed by atoms with Gasteiger partial charge >= 0.3 is 0 Å². The number of nitrogens with one attached hydrogen (secondary N) is 2. The summed E-state index contributed by atoms with van der Waals surface area (Å²) in [6.45, 7) is 7.43. The predicted molar refractivity (Wildman–Crippen MR) is 116 cm³/mol. The van der Waals surface area contributed by atoms with Gasteiger partial charge in [-0.1, -0.05) is 6.07 Å². The molecular formula is C21H33N5O3. The molecule has 160 valence electrons. The van der Waals surface area contributed by atoms with Crippen LogP contribution in [0.25, 0.3) is 0 Å². The first kappa shape index (κ1) is 22.7. The Hall–Kier alpha value is -2.58. The predicted octanol–water partition coefficient (Wildman–Crippen LogP) is 2.75. The van der Waals surface area contributed by atoms with Crippen LogP contribution >= 0.6 is 0 Å². The lowest BCUT2D eigenvalue weighted by Crippen LogP contribution is -2.30. The van der Waals surface area contributed by atoms with Crippen molar-refractivity contribution >= 4 is 11.6 Å². The van der Waals surface area contributed by atoms with Gasteiger partial charge in [-0.15, -0.1) is 0 Å². The number of ether oxygens (including phenoxy) is 3. The first-order valence-corrected chi connectivity index (χ1v) is 9.80. The van der Waals surface area contributed by atoms with E-state index in [4.69, 9.17) is 14.2 Å². The Balaban J connectivity index is 1.94. The molecule has 0 saturated carbocycles. The van der Waals surface area contributed by atoms with Gasteiger partial charge in [0.05, 0.1) is 25.5 Å². The van der Waals surface area contributed by atoms with Crippen molar-refractivity contribution in [2.24, 2.45) is 4.99 Å². The maximum absolute atomic E-state index is 5.76. The number of anilines is 1. The van der Waals surface area contributed by atoms with Crippen molar-refractivity contribution in [3.05, 3.63) is 41.2 Å². The molecular weight excluding hydrogens is 370 g/mol. The smallest absolute Gasteiger partial charge is 0.195 e. The molecule has 0 atom stereocenters. The molecule has 0 radical (unpaired) electrons. The van der Waals surface area contributed by atoms with Crippen LogP contribution in [-0.4, -0.2) is 56.8 Å². The number of aryl methyl sites for hydroxylation is 1. The highest BCUT2D eigenvalue weighted by molar-refractivity contribution is 5.93. The third kappa shape index (κ3) is 7.07. The van der Waals surface area contributed by atoms with Crippen molar-refractivity contribution in [1.82, 2.24) is 15.1 Å². The molecule has 8 heteroatoms.